The smallest absolute Gasteiger partial charge is 0.267 e. The van der Waals surface area contributed by atoms with Gasteiger partial charge in [-0.1, -0.05) is 28.1 Å². The fraction of sp³-hybridized carbons (Fsp3) is 0.158. The third-order valence-electron chi connectivity index (χ3n) is 3.42. The summed E-state index contributed by atoms with van der Waals surface area (Å²) in [5, 5.41) is 14.0. The molecule has 0 aliphatic heterocycles. The Balaban J connectivity index is 2.23. The van der Waals surface area contributed by atoms with Gasteiger partial charge >= 0.3 is 0 Å². The summed E-state index contributed by atoms with van der Waals surface area (Å²) in [6, 6.07) is 13.8. The average molecular weight is 419 g/mol. The highest BCUT2D eigenvalue weighted by atomic mass is 79.9. The van der Waals surface area contributed by atoms with Crippen LogP contribution in [0.25, 0.3) is 6.08 Å². The molecule has 26 heavy (non-hydrogen) atoms. The predicted molar refractivity (Wildman–Crippen MR) is 103 cm³/mol. The molecule has 0 aromatic heterocycles. The summed E-state index contributed by atoms with van der Waals surface area (Å²) < 4.78 is 5.97. The van der Waals surface area contributed by atoms with E-state index in [1.54, 1.807) is 37.5 Å². The lowest BCUT2D eigenvalue weighted by Crippen LogP contribution is -2.36. The van der Waals surface area contributed by atoms with Gasteiger partial charge in [0.25, 0.3) is 11.8 Å². The van der Waals surface area contributed by atoms with Gasteiger partial charge in [-0.15, -0.1) is 0 Å². The molecule has 0 aliphatic carbocycles. The predicted octanol–water partition coefficient (Wildman–Crippen LogP) is 2.34. The van der Waals surface area contributed by atoms with Gasteiger partial charge in [-0.2, -0.15) is 0 Å². The number of methoxy groups -OCH3 is 1. The molecule has 136 valence electrons. The summed E-state index contributed by atoms with van der Waals surface area (Å²) in [4.78, 5) is 24.8. The molecule has 0 unspecified atom stereocenters. The first-order chi connectivity index (χ1) is 12.5. The zero-order valence-electron chi connectivity index (χ0n) is 14.2. The van der Waals surface area contributed by atoms with E-state index in [1.807, 2.05) is 24.3 Å². The Kier molecular flexibility index (Phi) is 7.37. The molecule has 0 bridgehead atoms. The van der Waals surface area contributed by atoms with Crippen molar-refractivity contribution in [2.24, 2.45) is 0 Å². The van der Waals surface area contributed by atoms with E-state index >= 15 is 0 Å². The Morgan fingerprint density at radius 2 is 1.77 bits per heavy atom. The van der Waals surface area contributed by atoms with Crippen molar-refractivity contribution in [2.45, 2.75) is 0 Å². The van der Waals surface area contributed by atoms with Gasteiger partial charge in [-0.05, 0) is 48.0 Å². The lowest BCUT2D eigenvalue weighted by Gasteiger charge is -2.11. The van der Waals surface area contributed by atoms with Crippen LogP contribution in [0.3, 0.4) is 0 Å². The van der Waals surface area contributed by atoms with Crippen molar-refractivity contribution in [3.63, 3.8) is 0 Å². The van der Waals surface area contributed by atoms with Crippen LogP contribution in [0, 0.1) is 0 Å². The zero-order chi connectivity index (χ0) is 18.9. The number of ether oxygens (including phenoxy) is 1. The minimum Gasteiger partial charge on any atom is -0.497 e. The van der Waals surface area contributed by atoms with Crippen LogP contribution in [0.5, 0.6) is 5.75 Å². The standard InChI is InChI=1S/C19H19BrN2O4/c1-26-16-8-4-14(5-9-16)18(24)22-17(19(25)21-10-11-23)12-13-2-6-15(20)7-3-13/h2-9,12,23H,10-11H2,1H3,(H,21,25)(H,22,24). The number of rotatable bonds is 7. The van der Waals surface area contributed by atoms with Crippen LogP contribution in [-0.4, -0.2) is 37.2 Å². The van der Waals surface area contributed by atoms with Crippen molar-refractivity contribution in [1.29, 1.82) is 0 Å². The van der Waals surface area contributed by atoms with Gasteiger partial charge in [0.1, 0.15) is 11.4 Å². The number of benzene rings is 2. The minimum absolute atomic E-state index is 0.0848. The van der Waals surface area contributed by atoms with E-state index in [2.05, 4.69) is 26.6 Å². The number of halogens is 1. The number of carbonyl (C=O) groups excluding carboxylic acids is 2. The molecule has 7 heteroatoms. The summed E-state index contributed by atoms with van der Waals surface area (Å²) >= 11 is 3.35. The van der Waals surface area contributed by atoms with E-state index in [0.717, 1.165) is 10.0 Å². The van der Waals surface area contributed by atoms with Crippen molar-refractivity contribution < 1.29 is 19.4 Å². The van der Waals surface area contributed by atoms with Crippen LogP contribution < -0.4 is 15.4 Å². The molecule has 0 saturated carbocycles. The van der Waals surface area contributed by atoms with Crippen molar-refractivity contribution in [3.8, 4) is 5.75 Å². The second-order valence-corrected chi connectivity index (χ2v) is 6.19. The number of hydrogen-bond acceptors (Lipinski definition) is 4. The van der Waals surface area contributed by atoms with Crippen molar-refractivity contribution in [3.05, 3.63) is 69.8 Å². The number of amides is 2. The van der Waals surface area contributed by atoms with Crippen LogP contribution in [0.4, 0.5) is 0 Å². The van der Waals surface area contributed by atoms with Crippen LogP contribution in [0.1, 0.15) is 15.9 Å². The van der Waals surface area contributed by atoms with Gasteiger partial charge in [0.2, 0.25) is 0 Å². The van der Waals surface area contributed by atoms with Crippen LogP contribution in [0.15, 0.2) is 58.7 Å². The number of hydrogen-bond donors (Lipinski definition) is 3. The van der Waals surface area contributed by atoms with E-state index in [1.165, 1.54) is 0 Å². The van der Waals surface area contributed by atoms with E-state index < -0.39 is 11.8 Å². The molecule has 2 rings (SSSR count). The Morgan fingerprint density at radius 1 is 1.12 bits per heavy atom. The van der Waals surface area contributed by atoms with Crippen LogP contribution in [-0.2, 0) is 4.79 Å². The highest BCUT2D eigenvalue weighted by Crippen LogP contribution is 2.14. The first kappa shape index (κ1) is 19.7. The maximum Gasteiger partial charge on any atom is 0.267 e. The van der Waals surface area contributed by atoms with E-state index in [9.17, 15) is 9.59 Å². The second-order valence-electron chi connectivity index (χ2n) is 5.27. The third kappa shape index (κ3) is 5.72. The number of carbonyl (C=O) groups is 2. The Labute approximate surface area is 160 Å². The molecule has 3 N–H and O–H groups in total. The maximum absolute atomic E-state index is 12.4. The minimum atomic E-state index is -0.483. The fourth-order valence-electron chi connectivity index (χ4n) is 2.09. The van der Waals surface area contributed by atoms with Gasteiger partial charge in [0.15, 0.2) is 0 Å². The molecule has 2 aromatic carbocycles. The molecule has 0 spiro atoms. The highest BCUT2D eigenvalue weighted by Gasteiger charge is 2.14. The SMILES string of the molecule is COc1ccc(C(=O)NC(=Cc2ccc(Br)cc2)C(=O)NCCO)cc1. The monoisotopic (exact) mass is 418 g/mol. The Hall–Kier alpha value is -2.64. The molecule has 0 heterocycles. The van der Waals surface area contributed by atoms with E-state index in [0.29, 0.717) is 11.3 Å². The first-order valence-corrected chi connectivity index (χ1v) is 8.64. The van der Waals surface area contributed by atoms with Crippen molar-refractivity contribution in [2.75, 3.05) is 20.3 Å². The molecular formula is C19H19BrN2O4. The van der Waals surface area contributed by atoms with Gasteiger partial charge in [-0.25, -0.2) is 0 Å². The molecule has 6 nitrogen and oxygen atoms in total. The summed E-state index contributed by atoms with van der Waals surface area (Å²) in [6.45, 7) is -0.0986. The second kappa shape index (κ2) is 9.74. The maximum atomic E-state index is 12.4. The molecule has 0 radical (unpaired) electrons. The molecule has 0 saturated heterocycles. The number of aliphatic hydroxyl groups is 1. The molecule has 2 amide bonds. The first-order valence-electron chi connectivity index (χ1n) is 7.85. The Bertz CT molecular complexity index is 786. The summed E-state index contributed by atoms with van der Waals surface area (Å²) in [6.07, 6.45) is 1.57. The quantitative estimate of drug-likeness (QED) is 0.602. The molecule has 0 atom stereocenters. The summed E-state index contributed by atoms with van der Waals surface area (Å²) in [5.41, 5.74) is 1.22. The average Bonchev–Trinajstić information content (AvgIpc) is 2.67. The molecule has 2 aromatic rings. The third-order valence-corrected chi connectivity index (χ3v) is 3.95. The lowest BCUT2D eigenvalue weighted by atomic mass is 10.1. The van der Waals surface area contributed by atoms with Crippen LogP contribution in [0.2, 0.25) is 0 Å². The highest BCUT2D eigenvalue weighted by molar-refractivity contribution is 9.10. The van der Waals surface area contributed by atoms with Gasteiger partial charge in [-0.3, -0.25) is 9.59 Å². The molecule has 0 fully saturated rings. The van der Waals surface area contributed by atoms with Gasteiger partial charge in [0, 0.05) is 16.6 Å². The summed E-state index contributed by atoms with van der Waals surface area (Å²) in [7, 11) is 1.54. The van der Waals surface area contributed by atoms with Crippen LogP contribution >= 0.6 is 15.9 Å². The topological polar surface area (TPSA) is 87.7 Å². The van der Waals surface area contributed by atoms with Gasteiger partial charge in [0.05, 0.1) is 13.7 Å². The zero-order valence-corrected chi connectivity index (χ0v) is 15.7. The molecular weight excluding hydrogens is 400 g/mol. The molecule has 0 aliphatic rings. The van der Waals surface area contributed by atoms with Crippen molar-refractivity contribution in [1.82, 2.24) is 10.6 Å². The fourth-order valence-corrected chi connectivity index (χ4v) is 2.35. The lowest BCUT2D eigenvalue weighted by molar-refractivity contribution is -0.117. The number of nitrogens with one attached hydrogen (secondary N) is 2. The Morgan fingerprint density at radius 3 is 2.35 bits per heavy atom. The van der Waals surface area contributed by atoms with Crippen molar-refractivity contribution >= 4 is 33.8 Å². The number of aliphatic hydroxyl groups excluding tert-OH is 1. The summed E-state index contributed by atoms with van der Waals surface area (Å²) in [5.74, 6) is -0.271. The van der Waals surface area contributed by atoms with Gasteiger partial charge < -0.3 is 20.5 Å². The normalized spacial score (nSPS) is 11.0. The largest absolute Gasteiger partial charge is 0.497 e. The van der Waals surface area contributed by atoms with E-state index in [4.69, 9.17) is 9.84 Å². The van der Waals surface area contributed by atoms with E-state index in [-0.39, 0.29) is 18.8 Å².